The van der Waals surface area contributed by atoms with E-state index in [9.17, 15) is 0 Å². The van der Waals surface area contributed by atoms with E-state index in [1.54, 1.807) is 0 Å². The first kappa shape index (κ1) is 9.04. The lowest BCUT2D eigenvalue weighted by molar-refractivity contribution is 1.08. The lowest BCUT2D eigenvalue weighted by atomic mass is 10.0. The first-order chi connectivity index (χ1) is 5.57. The highest BCUT2D eigenvalue weighted by molar-refractivity contribution is 5.51. The van der Waals surface area contributed by atoms with Gasteiger partial charge in [-0.25, -0.2) is 4.98 Å². The van der Waals surface area contributed by atoms with Crippen molar-refractivity contribution in [2.75, 3.05) is 12.4 Å². The number of hydrogen-bond acceptors (Lipinski definition) is 2. The highest BCUT2D eigenvalue weighted by Gasteiger charge is 2.06. The fourth-order valence-electron chi connectivity index (χ4n) is 1.31. The van der Waals surface area contributed by atoms with Crippen LogP contribution in [0.1, 0.15) is 22.4 Å². The maximum absolute atomic E-state index is 4.44. The van der Waals surface area contributed by atoms with Crippen LogP contribution in [0.2, 0.25) is 0 Å². The summed E-state index contributed by atoms with van der Waals surface area (Å²) < 4.78 is 0. The van der Waals surface area contributed by atoms with Crippen LogP contribution >= 0.6 is 0 Å². The normalized spacial score (nSPS) is 10.1. The first-order valence-electron chi connectivity index (χ1n) is 4.20. The van der Waals surface area contributed by atoms with Crippen LogP contribution < -0.4 is 5.32 Å². The lowest BCUT2D eigenvalue weighted by Crippen LogP contribution is -2.02. The zero-order valence-corrected chi connectivity index (χ0v) is 8.45. The molecule has 0 radical (unpaired) electrons. The highest BCUT2D eigenvalue weighted by Crippen LogP contribution is 2.20. The molecule has 0 bridgehead atoms. The van der Waals surface area contributed by atoms with E-state index < -0.39 is 0 Å². The van der Waals surface area contributed by atoms with E-state index >= 15 is 0 Å². The summed E-state index contributed by atoms with van der Waals surface area (Å²) in [5.74, 6) is 0.996. The summed E-state index contributed by atoms with van der Waals surface area (Å²) in [4.78, 5) is 4.44. The Morgan fingerprint density at radius 1 is 0.917 bits per heavy atom. The van der Waals surface area contributed by atoms with Gasteiger partial charge in [-0.3, -0.25) is 0 Å². The molecule has 1 rings (SSSR count). The van der Waals surface area contributed by atoms with Crippen LogP contribution in [-0.2, 0) is 0 Å². The fraction of sp³-hybridized carbons (Fsp3) is 0.500. The Morgan fingerprint density at radius 3 is 2.00 bits per heavy atom. The van der Waals surface area contributed by atoms with E-state index in [4.69, 9.17) is 0 Å². The van der Waals surface area contributed by atoms with Gasteiger partial charge in [0.05, 0.1) is 0 Å². The second kappa shape index (κ2) is 3.13. The van der Waals surface area contributed by atoms with Crippen LogP contribution in [0.5, 0.6) is 0 Å². The van der Waals surface area contributed by atoms with Gasteiger partial charge in [-0.2, -0.15) is 0 Å². The van der Waals surface area contributed by atoms with E-state index in [0.717, 1.165) is 11.5 Å². The van der Waals surface area contributed by atoms with E-state index in [1.165, 1.54) is 16.7 Å². The molecule has 0 aliphatic rings. The molecule has 0 saturated carbocycles. The third-order valence-corrected chi connectivity index (χ3v) is 2.54. The van der Waals surface area contributed by atoms with Crippen LogP contribution in [-0.4, -0.2) is 12.0 Å². The SMILES string of the molecule is CNc1nc(C)c(C)c(C)c1C. The van der Waals surface area contributed by atoms with E-state index in [0.29, 0.717) is 0 Å². The average molecular weight is 164 g/mol. The molecule has 1 heterocycles. The van der Waals surface area contributed by atoms with E-state index in [2.05, 4.69) is 31.1 Å². The molecule has 0 saturated heterocycles. The summed E-state index contributed by atoms with van der Waals surface area (Å²) in [5, 5.41) is 3.09. The van der Waals surface area contributed by atoms with Gasteiger partial charge in [0.1, 0.15) is 5.82 Å². The minimum absolute atomic E-state index is 0.996. The van der Waals surface area contributed by atoms with Gasteiger partial charge in [0.2, 0.25) is 0 Å². The molecule has 1 N–H and O–H groups in total. The largest absolute Gasteiger partial charge is 0.373 e. The Kier molecular flexibility index (Phi) is 2.36. The molecule has 1 aromatic rings. The molecule has 0 spiro atoms. The minimum Gasteiger partial charge on any atom is -0.373 e. The number of hydrogen-bond donors (Lipinski definition) is 1. The van der Waals surface area contributed by atoms with Crippen molar-refractivity contribution in [2.24, 2.45) is 0 Å². The number of anilines is 1. The second-order valence-electron chi connectivity index (χ2n) is 3.17. The Bertz CT molecular complexity index is 303. The third kappa shape index (κ3) is 1.29. The summed E-state index contributed by atoms with van der Waals surface area (Å²) in [6.45, 7) is 8.40. The van der Waals surface area contributed by atoms with Crippen molar-refractivity contribution in [1.29, 1.82) is 0 Å². The molecule has 0 aromatic carbocycles. The predicted octanol–water partition coefficient (Wildman–Crippen LogP) is 2.36. The number of nitrogens with one attached hydrogen (secondary N) is 1. The van der Waals surface area contributed by atoms with Gasteiger partial charge < -0.3 is 5.32 Å². The van der Waals surface area contributed by atoms with Gasteiger partial charge in [-0.05, 0) is 44.4 Å². The zero-order chi connectivity index (χ0) is 9.30. The van der Waals surface area contributed by atoms with Gasteiger partial charge in [-0.1, -0.05) is 0 Å². The summed E-state index contributed by atoms with van der Waals surface area (Å²) in [6, 6.07) is 0. The number of aromatic nitrogens is 1. The number of rotatable bonds is 1. The first-order valence-corrected chi connectivity index (χ1v) is 4.20. The molecule has 66 valence electrons. The van der Waals surface area contributed by atoms with Gasteiger partial charge in [0, 0.05) is 12.7 Å². The molecule has 0 unspecified atom stereocenters. The molecule has 12 heavy (non-hydrogen) atoms. The predicted molar refractivity (Wildman–Crippen MR) is 52.7 cm³/mol. The lowest BCUT2D eigenvalue weighted by Gasteiger charge is -2.11. The van der Waals surface area contributed by atoms with E-state index in [1.807, 2.05) is 14.0 Å². The summed E-state index contributed by atoms with van der Waals surface area (Å²) in [6.07, 6.45) is 0. The van der Waals surface area contributed by atoms with E-state index in [-0.39, 0.29) is 0 Å². The number of nitrogens with zero attached hydrogens (tertiary/aromatic N) is 1. The Labute approximate surface area is 74.0 Å². The van der Waals surface area contributed by atoms with Crippen LogP contribution in [0.3, 0.4) is 0 Å². The quantitative estimate of drug-likeness (QED) is 0.689. The van der Waals surface area contributed by atoms with Crippen molar-refractivity contribution < 1.29 is 0 Å². The van der Waals surface area contributed by atoms with Crippen molar-refractivity contribution in [1.82, 2.24) is 4.98 Å². The molecule has 1 aromatic heterocycles. The van der Waals surface area contributed by atoms with Crippen LogP contribution in [0.25, 0.3) is 0 Å². The van der Waals surface area contributed by atoms with Crippen molar-refractivity contribution in [3.05, 3.63) is 22.4 Å². The maximum Gasteiger partial charge on any atom is 0.129 e. The minimum atomic E-state index is 0.996. The maximum atomic E-state index is 4.44. The topological polar surface area (TPSA) is 24.9 Å². The number of pyridine rings is 1. The Hall–Kier alpha value is -1.05. The summed E-state index contributed by atoms with van der Waals surface area (Å²) in [7, 11) is 1.91. The average Bonchev–Trinajstić information content (AvgIpc) is 2.08. The van der Waals surface area contributed by atoms with Crippen LogP contribution in [0.4, 0.5) is 5.82 Å². The highest BCUT2D eigenvalue weighted by atomic mass is 15.0. The fourth-order valence-corrected chi connectivity index (χ4v) is 1.31. The molecular formula is C10H16N2. The molecule has 0 aliphatic carbocycles. The van der Waals surface area contributed by atoms with Gasteiger partial charge in [0.15, 0.2) is 0 Å². The zero-order valence-electron chi connectivity index (χ0n) is 8.45. The molecular weight excluding hydrogens is 148 g/mol. The van der Waals surface area contributed by atoms with Crippen LogP contribution in [0, 0.1) is 27.7 Å². The van der Waals surface area contributed by atoms with Crippen LogP contribution in [0.15, 0.2) is 0 Å². The molecule has 0 atom stereocenters. The Morgan fingerprint density at radius 2 is 1.50 bits per heavy atom. The second-order valence-corrected chi connectivity index (χ2v) is 3.17. The smallest absolute Gasteiger partial charge is 0.129 e. The van der Waals surface area contributed by atoms with Crippen molar-refractivity contribution >= 4 is 5.82 Å². The Balaban J connectivity index is 3.39. The number of aryl methyl sites for hydroxylation is 1. The van der Waals surface area contributed by atoms with Crippen molar-refractivity contribution in [3.8, 4) is 0 Å². The molecule has 2 nitrogen and oxygen atoms in total. The molecule has 0 amide bonds. The molecule has 0 aliphatic heterocycles. The summed E-state index contributed by atoms with van der Waals surface area (Å²) in [5.41, 5.74) is 5.00. The monoisotopic (exact) mass is 164 g/mol. The van der Waals surface area contributed by atoms with Gasteiger partial charge in [-0.15, -0.1) is 0 Å². The summed E-state index contributed by atoms with van der Waals surface area (Å²) >= 11 is 0. The van der Waals surface area contributed by atoms with Crippen molar-refractivity contribution in [2.45, 2.75) is 27.7 Å². The molecule has 0 fully saturated rings. The standard InChI is InChI=1S/C10H16N2/c1-6-7(2)9(4)12-10(11-5)8(6)3/h1-5H3,(H,11,12). The van der Waals surface area contributed by atoms with Crippen molar-refractivity contribution in [3.63, 3.8) is 0 Å². The molecule has 2 heteroatoms. The van der Waals surface area contributed by atoms with Gasteiger partial charge >= 0.3 is 0 Å². The van der Waals surface area contributed by atoms with Gasteiger partial charge in [0.25, 0.3) is 0 Å². The third-order valence-electron chi connectivity index (χ3n) is 2.54.